The lowest BCUT2D eigenvalue weighted by Gasteiger charge is -2.24. The number of hydrogen-bond donors (Lipinski definition) is 1. The highest BCUT2D eigenvalue weighted by Gasteiger charge is 2.36. The number of rotatable bonds is 2. The summed E-state index contributed by atoms with van der Waals surface area (Å²) in [6, 6.07) is 2.63. The van der Waals surface area contributed by atoms with Gasteiger partial charge in [0.2, 0.25) is 5.91 Å². The van der Waals surface area contributed by atoms with Gasteiger partial charge < -0.3 is 10.0 Å². The van der Waals surface area contributed by atoms with Gasteiger partial charge in [-0.1, -0.05) is 6.07 Å². The maximum atomic E-state index is 12.9. The van der Waals surface area contributed by atoms with Crippen molar-refractivity contribution < 1.29 is 23.1 Å². The molecule has 0 aromatic heterocycles. The van der Waals surface area contributed by atoms with Crippen LogP contribution in [0.5, 0.6) is 0 Å². The fourth-order valence-electron chi connectivity index (χ4n) is 2.27. The number of carbonyl (C=O) groups excluding carboxylic acids is 1. The Morgan fingerprint density at radius 3 is 2.70 bits per heavy atom. The summed E-state index contributed by atoms with van der Waals surface area (Å²) in [5.41, 5.74) is -1.51. The zero-order valence-corrected chi connectivity index (χ0v) is 10.3. The molecule has 1 aliphatic rings. The summed E-state index contributed by atoms with van der Waals surface area (Å²) in [7, 11) is 0. The maximum Gasteiger partial charge on any atom is 0.407 e. The SMILES string of the molecule is [C-]#[N+]c1ccc(N2C(=O)CC[C@@H]2CO)cc1C(F)(F)F. The zero-order valence-electron chi connectivity index (χ0n) is 10.3. The molecule has 1 N–H and O–H groups in total. The van der Waals surface area contributed by atoms with Crippen LogP contribution in [0.2, 0.25) is 0 Å². The van der Waals surface area contributed by atoms with Crippen LogP contribution in [0.1, 0.15) is 18.4 Å². The van der Waals surface area contributed by atoms with Gasteiger partial charge in [-0.25, -0.2) is 4.85 Å². The summed E-state index contributed by atoms with van der Waals surface area (Å²) in [6.07, 6.45) is -4.06. The van der Waals surface area contributed by atoms with Crippen molar-refractivity contribution in [1.29, 1.82) is 0 Å². The molecular weight excluding hydrogens is 273 g/mol. The first-order valence-corrected chi connectivity index (χ1v) is 5.90. The topological polar surface area (TPSA) is 44.9 Å². The van der Waals surface area contributed by atoms with Gasteiger partial charge in [0.05, 0.1) is 24.8 Å². The molecule has 1 aliphatic heterocycles. The summed E-state index contributed by atoms with van der Waals surface area (Å²) in [4.78, 5) is 15.7. The van der Waals surface area contributed by atoms with Crippen LogP contribution in [0.15, 0.2) is 18.2 Å². The van der Waals surface area contributed by atoms with Crippen molar-refractivity contribution in [2.75, 3.05) is 11.5 Å². The van der Waals surface area contributed by atoms with Gasteiger partial charge in [0.25, 0.3) is 0 Å². The molecule has 1 saturated heterocycles. The molecule has 1 aromatic rings. The smallest absolute Gasteiger partial charge is 0.394 e. The van der Waals surface area contributed by atoms with Crippen molar-refractivity contribution >= 4 is 17.3 Å². The number of anilines is 1. The third-order valence-electron chi connectivity index (χ3n) is 3.22. The van der Waals surface area contributed by atoms with Crippen molar-refractivity contribution in [3.63, 3.8) is 0 Å². The molecule has 0 aliphatic carbocycles. The molecule has 2 rings (SSSR count). The van der Waals surface area contributed by atoms with Gasteiger partial charge in [-0.2, -0.15) is 13.2 Å². The van der Waals surface area contributed by atoms with E-state index >= 15 is 0 Å². The van der Waals surface area contributed by atoms with Gasteiger partial charge in [0.1, 0.15) is 0 Å². The lowest BCUT2D eigenvalue weighted by atomic mass is 10.1. The van der Waals surface area contributed by atoms with E-state index in [0.29, 0.717) is 6.42 Å². The zero-order chi connectivity index (χ0) is 14.9. The Kier molecular flexibility index (Phi) is 3.68. The van der Waals surface area contributed by atoms with Crippen LogP contribution in [-0.4, -0.2) is 23.7 Å². The van der Waals surface area contributed by atoms with E-state index in [1.54, 1.807) is 0 Å². The van der Waals surface area contributed by atoms with Gasteiger partial charge in [-0.15, -0.1) is 0 Å². The number of aliphatic hydroxyl groups excluding tert-OH is 1. The molecule has 1 aromatic carbocycles. The van der Waals surface area contributed by atoms with E-state index in [4.69, 9.17) is 6.57 Å². The molecule has 0 saturated carbocycles. The summed E-state index contributed by atoms with van der Waals surface area (Å²) in [6.45, 7) is 6.46. The van der Waals surface area contributed by atoms with E-state index in [1.807, 2.05) is 0 Å². The van der Waals surface area contributed by atoms with Crippen LogP contribution < -0.4 is 4.90 Å². The van der Waals surface area contributed by atoms with Crippen LogP contribution in [0.4, 0.5) is 24.5 Å². The molecule has 1 fully saturated rings. The summed E-state index contributed by atoms with van der Waals surface area (Å²) in [5.74, 6) is -0.326. The number of aliphatic hydroxyl groups is 1. The maximum absolute atomic E-state index is 12.9. The van der Waals surface area contributed by atoms with Crippen molar-refractivity contribution in [2.24, 2.45) is 0 Å². The number of hydrogen-bond acceptors (Lipinski definition) is 2. The monoisotopic (exact) mass is 284 g/mol. The molecule has 0 spiro atoms. The van der Waals surface area contributed by atoms with Crippen molar-refractivity contribution in [3.05, 3.63) is 35.2 Å². The molecule has 106 valence electrons. The average molecular weight is 284 g/mol. The summed E-state index contributed by atoms with van der Waals surface area (Å²) in [5, 5.41) is 9.18. The van der Waals surface area contributed by atoms with Crippen molar-refractivity contribution in [3.8, 4) is 0 Å². The Morgan fingerprint density at radius 1 is 1.45 bits per heavy atom. The van der Waals surface area contributed by atoms with Crippen LogP contribution in [0.3, 0.4) is 0 Å². The lowest BCUT2D eigenvalue weighted by molar-refractivity contribution is -0.136. The molecule has 0 bridgehead atoms. The number of carbonyl (C=O) groups is 1. The molecule has 1 atom stereocenters. The van der Waals surface area contributed by atoms with E-state index in [0.717, 1.165) is 12.1 Å². The fourth-order valence-corrected chi connectivity index (χ4v) is 2.27. The van der Waals surface area contributed by atoms with Crippen LogP contribution >= 0.6 is 0 Å². The highest BCUT2D eigenvalue weighted by molar-refractivity contribution is 5.96. The second-order valence-corrected chi connectivity index (χ2v) is 4.45. The number of nitrogens with zero attached hydrogens (tertiary/aromatic N) is 2. The van der Waals surface area contributed by atoms with Crippen molar-refractivity contribution in [2.45, 2.75) is 25.1 Å². The van der Waals surface area contributed by atoms with Gasteiger partial charge >= 0.3 is 6.18 Å². The second-order valence-electron chi connectivity index (χ2n) is 4.45. The quantitative estimate of drug-likeness (QED) is 0.849. The number of amides is 1. The van der Waals surface area contributed by atoms with Crippen LogP contribution in [0.25, 0.3) is 4.85 Å². The molecule has 20 heavy (non-hydrogen) atoms. The van der Waals surface area contributed by atoms with E-state index < -0.39 is 23.5 Å². The molecule has 4 nitrogen and oxygen atoms in total. The summed E-state index contributed by atoms with van der Waals surface area (Å²) < 4.78 is 38.6. The van der Waals surface area contributed by atoms with Gasteiger partial charge in [-0.05, 0) is 18.6 Å². The van der Waals surface area contributed by atoms with E-state index in [1.165, 1.54) is 11.0 Å². The molecule has 0 unspecified atom stereocenters. The Balaban J connectivity index is 2.49. The van der Waals surface area contributed by atoms with E-state index in [2.05, 4.69) is 4.85 Å². The molecule has 1 amide bonds. The molecular formula is C13H11F3N2O2. The lowest BCUT2D eigenvalue weighted by Crippen LogP contribution is -2.35. The predicted octanol–water partition coefficient (Wildman–Crippen LogP) is 2.74. The largest absolute Gasteiger partial charge is 0.407 e. The average Bonchev–Trinajstić information content (AvgIpc) is 2.78. The van der Waals surface area contributed by atoms with E-state index in [-0.39, 0.29) is 24.6 Å². The summed E-state index contributed by atoms with van der Waals surface area (Å²) >= 11 is 0. The standard InChI is InChI=1S/C13H11F3N2O2/c1-17-11-4-2-8(6-10(11)13(14,15)16)18-9(7-19)3-5-12(18)20/h2,4,6,9,19H,3,5,7H2/t9-/m1/s1. The van der Waals surface area contributed by atoms with Crippen LogP contribution in [0, 0.1) is 6.57 Å². The minimum atomic E-state index is -4.66. The second kappa shape index (κ2) is 5.13. The van der Waals surface area contributed by atoms with Crippen molar-refractivity contribution in [1.82, 2.24) is 0 Å². The third-order valence-corrected chi connectivity index (χ3v) is 3.22. The number of benzene rings is 1. The highest BCUT2D eigenvalue weighted by atomic mass is 19.4. The fraction of sp³-hybridized carbons (Fsp3) is 0.385. The Morgan fingerprint density at radius 2 is 2.15 bits per heavy atom. The predicted molar refractivity (Wildman–Crippen MR) is 65.3 cm³/mol. The minimum Gasteiger partial charge on any atom is -0.394 e. The molecule has 1 heterocycles. The first kappa shape index (κ1) is 14.3. The van der Waals surface area contributed by atoms with Gasteiger partial charge in [0.15, 0.2) is 5.69 Å². The van der Waals surface area contributed by atoms with Gasteiger partial charge in [0, 0.05) is 12.1 Å². The minimum absolute atomic E-state index is 0.0614. The normalized spacial score (nSPS) is 19.2. The van der Waals surface area contributed by atoms with Gasteiger partial charge in [-0.3, -0.25) is 4.79 Å². The Labute approximate surface area is 113 Å². The van der Waals surface area contributed by atoms with E-state index in [9.17, 15) is 23.1 Å². The number of halogens is 3. The molecule has 0 radical (unpaired) electrons. The third kappa shape index (κ3) is 2.47. The first-order chi connectivity index (χ1) is 9.38. The molecule has 7 heteroatoms. The Bertz CT molecular complexity index is 578. The number of alkyl halides is 3. The highest BCUT2D eigenvalue weighted by Crippen LogP contribution is 2.39. The first-order valence-electron chi connectivity index (χ1n) is 5.90. The van der Waals surface area contributed by atoms with Crippen LogP contribution in [-0.2, 0) is 11.0 Å². The Hall–Kier alpha value is -2.07.